The first kappa shape index (κ1) is 91.5. The molecule has 16 aliphatic rings. The number of alkyl halides is 2. The van der Waals surface area contributed by atoms with E-state index in [-0.39, 0.29) is 58.2 Å². The van der Waals surface area contributed by atoms with Crippen LogP contribution in [0.3, 0.4) is 0 Å². The first-order valence-electron chi connectivity index (χ1n) is 49.8. The van der Waals surface area contributed by atoms with Crippen molar-refractivity contribution in [3.63, 3.8) is 0 Å². The largest absolute Gasteiger partial charge is 0.343 e. The van der Waals surface area contributed by atoms with Crippen LogP contribution in [0.5, 0.6) is 0 Å². The maximum absolute atomic E-state index is 15.3. The molecule has 0 aromatic heterocycles. The Bertz CT molecular complexity index is 2840. The van der Waals surface area contributed by atoms with Crippen molar-refractivity contribution in [2.45, 2.75) is 495 Å². The molecular weight excluding hydrogens is 1490 g/mol. The average molecular weight is 1660 g/mol. The van der Waals surface area contributed by atoms with Gasteiger partial charge in [0.15, 0.2) is 0 Å². The summed E-state index contributed by atoms with van der Waals surface area (Å²) >= 11 is 12.2. The molecule has 0 atom stereocenters. The maximum atomic E-state index is 15.3. The van der Waals surface area contributed by atoms with Crippen molar-refractivity contribution in [2.75, 3.05) is 26.9 Å². The van der Waals surface area contributed by atoms with E-state index < -0.39 is 10.0 Å². The molecular formula is C97H165Cl2N7O8S. The average Bonchev–Trinajstić information content (AvgIpc) is 0.735. The number of carbonyl (C=O) groups is 6. The Labute approximate surface area is 710 Å². The Morgan fingerprint density at radius 2 is 0.583 bits per heavy atom. The number of hydrogen-bond acceptors (Lipinski definition) is 8. The number of nitrogens with zero attached hydrogens (tertiary/aromatic N) is 6. The van der Waals surface area contributed by atoms with Gasteiger partial charge >= 0.3 is 0 Å². The Kier molecular flexibility index (Phi) is 36.3. The smallest absolute Gasteiger partial charge is 0.228 e. The fourth-order valence-corrected chi connectivity index (χ4v) is 28.6. The monoisotopic (exact) mass is 1660 g/mol. The molecule has 0 aromatic rings. The van der Waals surface area contributed by atoms with E-state index >= 15 is 14.4 Å². The topological polar surface area (TPSA) is 168 Å². The zero-order valence-corrected chi connectivity index (χ0v) is 75.7. The van der Waals surface area contributed by atoms with Crippen molar-refractivity contribution in [3.8, 4) is 0 Å². The van der Waals surface area contributed by atoms with Gasteiger partial charge in [-0.05, 0) is 262 Å². The number of unbranched alkanes of at least 4 members (excludes halogenated alkanes) is 3. The van der Waals surface area contributed by atoms with Crippen LogP contribution in [0.4, 0.5) is 0 Å². The third kappa shape index (κ3) is 25.5. The highest BCUT2D eigenvalue weighted by Crippen LogP contribution is 2.61. The normalized spacial score (nSPS) is 32.6. The highest BCUT2D eigenvalue weighted by atomic mass is 35.5. The predicted octanol–water partition coefficient (Wildman–Crippen LogP) is 22.1. The molecule has 15 nitrogen and oxygen atoms in total. The molecule has 16 rings (SSSR count). The van der Waals surface area contributed by atoms with E-state index in [4.69, 9.17) is 23.2 Å². The summed E-state index contributed by atoms with van der Waals surface area (Å²) < 4.78 is 27.3. The van der Waals surface area contributed by atoms with Crippen LogP contribution in [-0.4, -0.2) is 171 Å². The minimum Gasteiger partial charge on any atom is -0.343 e. The lowest BCUT2D eigenvalue weighted by molar-refractivity contribution is -0.159. The van der Waals surface area contributed by atoms with Crippen LogP contribution in [0.25, 0.3) is 0 Å². The molecule has 656 valence electrons. The molecule has 0 saturated heterocycles. The molecule has 18 heteroatoms. The molecule has 6 amide bonds. The van der Waals surface area contributed by atoms with Crippen LogP contribution in [0.2, 0.25) is 0 Å². The summed E-state index contributed by atoms with van der Waals surface area (Å²) in [5, 5.41) is 0.600. The number of sulfonamides is 1. The van der Waals surface area contributed by atoms with Gasteiger partial charge in [0, 0.05) is 122 Å². The fourth-order valence-electron chi connectivity index (χ4n) is 26.7. The van der Waals surface area contributed by atoms with Crippen molar-refractivity contribution >= 4 is 68.7 Å². The molecule has 0 aliphatic heterocycles. The minimum atomic E-state index is -3.16. The summed E-state index contributed by atoms with van der Waals surface area (Å²) in [7, 11) is 2.86. The van der Waals surface area contributed by atoms with Gasteiger partial charge in [-0.3, -0.25) is 28.8 Å². The standard InChI is InChI=1S/C45H75N3O3.C20H38N2O3S.C18H29NO.C14H23Cl2NO/c49-43(46(37-19-7-1-8-20-37)38-21-9-2-10-22-38)34-31-35(44(50)47(39-23-11-3-12-24-39)40-25-13-4-14-26-40)33-36(32-34)45(51)48(41-27-15-5-16-28-41)42-29-17-6-18-30-42;1-3-4-5-9-16-26(24,25)21-18-12-14-19(15-13-18)22(2)20(23)17-10-7-6-8-11-17;1-19(16-5-3-2-4-6-16)17(20)18-10-13-7-14(11-18)9-15(8-13)12-18;1-17(13-8-6-12(16)7-9-13)14(18)10-2-4-11(15)5-3-10/h34-42H,1-33H2;17-19,21H,3-16H2,1-2H3;13-16H,2-12H2,1H3;10-13H,2-9H2,1H3. The van der Waals surface area contributed by atoms with Gasteiger partial charge in [-0.1, -0.05) is 180 Å². The number of hydrogen-bond donors (Lipinski definition) is 1. The molecule has 16 fully saturated rings. The first-order valence-corrected chi connectivity index (χ1v) is 52.3. The highest BCUT2D eigenvalue weighted by molar-refractivity contribution is 7.89. The molecule has 0 heterocycles. The number of amides is 6. The summed E-state index contributed by atoms with van der Waals surface area (Å²) in [6.07, 6.45) is 73.7. The lowest BCUT2D eigenvalue weighted by atomic mass is 9.49. The minimum absolute atomic E-state index is 0.0422. The van der Waals surface area contributed by atoms with E-state index in [2.05, 4.69) is 38.3 Å². The van der Waals surface area contributed by atoms with E-state index in [1.165, 1.54) is 205 Å². The maximum Gasteiger partial charge on any atom is 0.228 e. The van der Waals surface area contributed by atoms with Gasteiger partial charge in [0.2, 0.25) is 45.5 Å². The quantitative estimate of drug-likeness (QED) is 0.0825. The molecule has 16 aliphatic carbocycles. The molecule has 16 saturated carbocycles. The fraction of sp³-hybridized carbons (Fsp3) is 0.938. The first-order chi connectivity index (χ1) is 55.7. The summed E-state index contributed by atoms with van der Waals surface area (Å²) in [5.41, 5.74) is 0.0704. The van der Waals surface area contributed by atoms with Crippen molar-refractivity contribution in [2.24, 2.45) is 52.8 Å². The van der Waals surface area contributed by atoms with Gasteiger partial charge in [-0.25, -0.2) is 13.1 Å². The van der Waals surface area contributed by atoms with E-state index in [1.54, 1.807) is 0 Å². The van der Waals surface area contributed by atoms with Crippen molar-refractivity contribution in [3.05, 3.63) is 0 Å². The highest BCUT2D eigenvalue weighted by Gasteiger charge is 2.56. The second-order valence-corrected chi connectivity index (χ2v) is 44.4. The van der Waals surface area contributed by atoms with Crippen LogP contribution < -0.4 is 4.72 Å². The van der Waals surface area contributed by atoms with Gasteiger partial charge in [0.1, 0.15) is 0 Å². The lowest BCUT2D eigenvalue weighted by Crippen LogP contribution is -2.56. The van der Waals surface area contributed by atoms with Crippen LogP contribution >= 0.6 is 23.2 Å². The van der Waals surface area contributed by atoms with Crippen LogP contribution in [-0.2, 0) is 38.8 Å². The number of nitrogens with one attached hydrogen (secondary N) is 1. The number of rotatable bonds is 22. The molecule has 0 spiro atoms. The summed E-state index contributed by atoms with van der Waals surface area (Å²) in [5.74, 6) is 4.84. The van der Waals surface area contributed by atoms with E-state index in [0.717, 1.165) is 210 Å². The Balaban J connectivity index is 0.000000158. The summed E-state index contributed by atoms with van der Waals surface area (Å²) in [6.45, 7) is 2.13. The van der Waals surface area contributed by atoms with E-state index in [1.807, 2.05) is 23.9 Å². The van der Waals surface area contributed by atoms with Gasteiger partial charge in [0.05, 0.1) is 11.2 Å². The summed E-state index contributed by atoms with van der Waals surface area (Å²) in [6, 6.07) is 3.36. The van der Waals surface area contributed by atoms with Crippen molar-refractivity contribution in [1.82, 2.24) is 34.1 Å². The second kappa shape index (κ2) is 45.6. The Morgan fingerprint density at radius 1 is 0.304 bits per heavy atom. The van der Waals surface area contributed by atoms with Crippen LogP contribution in [0, 0.1) is 52.8 Å². The van der Waals surface area contributed by atoms with Crippen molar-refractivity contribution < 1.29 is 37.2 Å². The van der Waals surface area contributed by atoms with Crippen LogP contribution in [0.15, 0.2) is 0 Å². The molecule has 0 aromatic carbocycles. The van der Waals surface area contributed by atoms with Crippen LogP contribution in [0.1, 0.15) is 424 Å². The molecule has 1 N–H and O–H groups in total. The van der Waals surface area contributed by atoms with E-state index in [0.29, 0.717) is 108 Å². The Morgan fingerprint density at radius 3 is 0.904 bits per heavy atom. The Hall–Kier alpha value is -2.69. The van der Waals surface area contributed by atoms with Gasteiger partial charge < -0.3 is 29.4 Å². The second-order valence-electron chi connectivity index (χ2n) is 41.3. The third-order valence-electron chi connectivity index (χ3n) is 32.9. The third-order valence-corrected chi connectivity index (χ3v) is 35.3. The summed E-state index contributed by atoms with van der Waals surface area (Å²) in [4.78, 5) is 97.5. The zero-order chi connectivity index (χ0) is 80.9. The SMILES string of the molecule is CCCCCCS(=O)(=O)NC1CCC(N(C)C(=O)C2CCCCC2)CC1.CN(C(=O)C12CC3CC(CC(C3)C1)C2)C1CCCCC1.CN(C(=O)C1CCC(Cl)CC1)C1CCC(Cl)CC1.O=C(C1CC(C(=O)N(C2CCCCC2)C2CCCCC2)CC(C(=O)N(C2CCCCC2)C2CCCCC2)C1)N(C1CCCCC1)C1CCCCC1. The van der Waals surface area contributed by atoms with Crippen molar-refractivity contribution in [1.29, 1.82) is 0 Å². The lowest BCUT2D eigenvalue weighted by Gasteiger charge is -2.57. The molecule has 4 bridgehead atoms. The molecule has 0 radical (unpaired) electrons. The number of halogens is 2. The molecule has 115 heavy (non-hydrogen) atoms. The predicted molar refractivity (Wildman–Crippen MR) is 469 cm³/mol. The number of carbonyl (C=O) groups excluding carboxylic acids is 6. The van der Waals surface area contributed by atoms with Gasteiger partial charge in [0.25, 0.3) is 0 Å². The van der Waals surface area contributed by atoms with E-state index in [9.17, 15) is 22.8 Å². The molecule has 0 unspecified atom stereocenters. The van der Waals surface area contributed by atoms with Gasteiger partial charge in [-0.2, -0.15) is 0 Å². The van der Waals surface area contributed by atoms with Gasteiger partial charge in [-0.15, -0.1) is 23.2 Å². The zero-order valence-electron chi connectivity index (χ0n) is 73.3.